The Balaban J connectivity index is 1.97. The van der Waals surface area contributed by atoms with E-state index in [0.717, 1.165) is 0 Å². The van der Waals surface area contributed by atoms with Gasteiger partial charge in [-0.05, 0) is 13.0 Å². The van der Waals surface area contributed by atoms with E-state index in [0.29, 0.717) is 17.7 Å². The Hall–Kier alpha value is -2.13. The summed E-state index contributed by atoms with van der Waals surface area (Å²) in [6.07, 6.45) is -2.15. The van der Waals surface area contributed by atoms with Gasteiger partial charge in [0.1, 0.15) is 41.5 Å². The quantitative estimate of drug-likeness (QED) is 0.320. The molecule has 0 saturated carbocycles. The summed E-state index contributed by atoms with van der Waals surface area (Å²) >= 11 is 0. The zero-order chi connectivity index (χ0) is 19.7. The first-order valence-corrected chi connectivity index (χ1v) is 8.80. The summed E-state index contributed by atoms with van der Waals surface area (Å²) in [5, 5.41) is 40.5. The van der Waals surface area contributed by atoms with Crippen LogP contribution in [-0.2, 0) is 9.47 Å². The second kappa shape index (κ2) is 7.85. The first kappa shape index (κ1) is 19.6. The Kier molecular flexibility index (Phi) is 5.71. The predicted octanol–water partition coefficient (Wildman–Crippen LogP) is 0.819. The number of carbonyl (C=O) groups excluding carboxylic acids is 1. The molecule has 6 atom stereocenters. The van der Waals surface area contributed by atoms with Crippen LogP contribution in [0.2, 0.25) is 0 Å². The number of phenols is 1. The number of epoxide rings is 1. The molecule has 1 fully saturated rings. The van der Waals surface area contributed by atoms with Gasteiger partial charge in [0, 0.05) is 24.5 Å². The van der Waals surface area contributed by atoms with E-state index in [9.17, 15) is 25.2 Å². The van der Waals surface area contributed by atoms with Crippen LogP contribution in [0.4, 0.5) is 0 Å². The minimum Gasteiger partial charge on any atom is -0.507 e. The summed E-state index contributed by atoms with van der Waals surface area (Å²) in [6.45, 7) is 1.67. The first-order chi connectivity index (χ1) is 12.8. The number of methoxy groups -OCH3 is 1. The molecule has 0 aromatic heterocycles. The number of fused-ring (bicyclic) bond motifs is 3. The fourth-order valence-corrected chi connectivity index (χ4v) is 3.20. The fraction of sp³-hybridized carbons (Fsp3) is 0.526. The van der Waals surface area contributed by atoms with E-state index in [-0.39, 0.29) is 17.7 Å². The second-order valence-corrected chi connectivity index (χ2v) is 6.87. The maximum atomic E-state index is 12.6. The fourth-order valence-electron chi connectivity index (χ4n) is 3.20. The molecule has 0 amide bonds. The van der Waals surface area contributed by atoms with Crippen LogP contribution in [0.15, 0.2) is 24.3 Å². The van der Waals surface area contributed by atoms with Crippen LogP contribution in [0.1, 0.15) is 41.8 Å². The zero-order valence-corrected chi connectivity index (χ0v) is 15.1. The number of rotatable bonds is 1. The minimum atomic E-state index is -1.37. The highest BCUT2D eigenvalue weighted by Crippen LogP contribution is 2.46. The van der Waals surface area contributed by atoms with Crippen LogP contribution in [0.5, 0.6) is 11.5 Å². The standard InChI is InChI=1S/C19H24O8/c1-9-4-3-5-12(20)17(23)14(22)8-15-18(27-15)11-6-10(25-2)7-13(21)16(11)19(24)26-9/h3,5-7,9,12,14-15,17-18,20-23H,4,8H2,1-2H3/t9-,12-,14-,15+,17+,18+/m0/s1. The molecule has 27 heavy (non-hydrogen) atoms. The van der Waals surface area contributed by atoms with E-state index < -0.39 is 42.6 Å². The van der Waals surface area contributed by atoms with E-state index in [1.54, 1.807) is 19.1 Å². The molecule has 4 N–H and O–H groups in total. The number of esters is 1. The average Bonchev–Trinajstić information content (AvgIpc) is 3.38. The predicted molar refractivity (Wildman–Crippen MR) is 93.5 cm³/mol. The van der Waals surface area contributed by atoms with E-state index >= 15 is 0 Å². The number of aromatic hydroxyl groups is 1. The number of cyclic esters (lactones) is 1. The van der Waals surface area contributed by atoms with Crippen molar-refractivity contribution in [3.63, 3.8) is 0 Å². The lowest BCUT2D eigenvalue weighted by molar-refractivity contribution is -0.0464. The molecule has 0 aliphatic carbocycles. The molecule has 8 heteroatoms. The number of phenolic OH excluding ortho intramolecular Hbond substituents is 1. The summed E-state index contributed by atoms with van der Waals surface area (Å²) in [6, 6.07) is 2.90. The highest BCUT2D eigenvalue weighted by atomic mass is 16.6. The lowest BCUT2D eigenvalue weighted by Gasteiger charge is -2.21. The van der Waals surface area contributed by atoms with Crippen LogP contribution in [0.3, 0.4) is 0 Å². The lowest BCUT2D eigenvalue weighted by atomic mass is 9.96. The number of carbonyl (C=O) groups is 1. The summed E-state index contributed by atoms with van der Waals surface area (Å²) in [7, 11) is 1.43. The molecule has 0 unspecified atom stereocenters. The van der Waals surface area contributed by atoms with E-state index in [4.69, 9.17) is 14.2 Å². The van der Waals surface area contributed by atoms with Crippen LogP contribution < -0.4 is 4.74 Å². The SMILES string of the molecule is COc1cc(O)c2c(c1)[C@H]1O[C@@H]1C[C@H](O)[C@H](O)[C@@H](O)C=CC[C@H](C)OC2=O. The third kappa shape index (κ3) is 4.24. The second-order valence-electron chi connectivity index (χ2n) is 6.87. The Morgan fingerprint density at radius 2 is 1.96 bits per heavy atom. The molecule has 2 aliphatic rings. The van der Waals surface area contributed by atoms with Crippen LogP contribution in [0, 0.1) is 0 Å². The topological polar surface area (TPSA) is 129 Å². The summed E-state index contributed by atoms with van der Waals surface area (Å²) in [5.74, 6) is -0.630. The highest BCUT2D eigenvalue weighted by Gasteiger charge is 2.45. The van der Waals surface area contributed by atoms with Crippen LogP contribution in [0.25, 0.3) is 0 Å². The molecule has 2 heterocycles. The molecular formula is C19H24O8. The smallest absolute Gasteiger partial charge is 0.342 e. The van der Waals surface area contributed by atoms with Gasteiger partial charge in [-0.25, -0.2) is 4.79 Å². The Morgan fingerprint density at radius 3 is 2.67 bits per heavy atom. The molecule has 0 bridgehead atoms. The van der Waals surface area contributed by atoms with Crippen molar-refractivity contribution in [1.29, 1.82) is 0 Å². The zero-order valence-electron chi connectivity index (χ0n) is 15.1. The molecule has 1 saturated heterocycles. The Morgan fingerprint density at radius 1 is 1.22 bits per heavy atom. The summed E-state index contributed by atoms with van der Waals surface area (Å²) in [4.78, 5) is 12.6. The average molecular weight is 380 g/mol. The maximum Gasteiger partial charge on any atom is 0.342 e. The number of ether oxygens (including phenoxy) is 3. The molecule has 3 rings (SSSR count). The molecule has 148 valence electrons. The molecular weight excluding hydrogens is 356 g/mol. The molecule has 0 spiro atoms. The molecule has 1 aromatic carbocycles. The van der Waals surface area contributed by atoms with Crippen molar-refractivity contribution in [3.05, 3.63) is 35.4 Å². The number of hydrogen-bond donors (Lipinski definition) is 4. The first-order valence-electron chi connectivity index (χ1n) is 8.80. The van der Waals surface area contributed by atoms with Gasteiger partial charge in [-0.15, -0.1) is 0 Å². The highest BCUT2D eigenvalue weighted by molar-refractivity contribution is 5.95. The van der Waals surface area contributed by atoms with Gasteiger partial charge >= 0.3 is 5.97 Å². The molecule has 0 radical (unpaired) electrons. The molecule has 1 aromatic rings. The van der Waals surface area contributed by atoms with Crippen molar-refractivity contribution >= 4 is 5.97 Å². The monoisotopic (exact) mass is 380 g/mol. The van der Waals surface area contributed by atoms with E-state index in [1.807, 2.05) is 0 Å². The minimum absolute atomic E-state index is 0.00809. The number of benzene rings is 1. The summed E-state index contributed by atoms with van der Waals surface area (Å²) in [5.41, 5.74) is 0.384. The van der Waals surface area contributed by atoms with Crippen molar-refractivity contribution in [1.82, 2.24) is 0 Å². The summed E-state index contributed by atoms with van der Waals surface area (Å²) < 4.78 is 16.1. The van der Waals surface area contributed by atoms with Gasteiger partial charge < -0.3 is 34.6 Å². The largest absolute Gasteiger partial charge is 0.507 e. The van der Waals surface area contributed by atoms with Crippen LogP contribution in [-0.4, -0.2) is 64.0 Å². The van der Waals surface area contributed by atoms with Crippen molar-refractivity contribution in [2.45, 2.75) is 56.4 Å². The van der Waals surface area contributed by atoms with Gasteiger partial charge in [-0.3, -0.25) is 0 Å². The molecule has 2 aliphatic heterocycles. The van der Waals surface area contributed by atoms with E-state index in [1.165, 1.54) is 19.3 Å². The van der Waals surface area contributed by atoms with Crippen molar-refractivity contribution in [3.8, 4) is 11.5 Å². The van der Waals surface area contributed by atoms with Crippen molar-refractivity contribution in [2.24, 2.45) is 0 Å². The normalized spacial score (nSPS) is 34.0. The van der Waals surface area contributed by atoms with Gasteiger partial charge in [0.05, 0.1) is 19.3 Å². The van der Waals surface area contributed by atoms with Crippen molar-refractivity contribution in [2.75, 3.05) is 7.11 Å². The number of aliphatic hydroxyl groups excluding tert-OH is 3. The number of hydrogen-bond acceptors (Lipinski definition) is 8. The third-order valence-electron chi connectivity index (χ3n) is 4.78. The van der Waals surface area contributed by atoms with Crippen LogP contribution >= 0.6 is 0 Å². The maximum absolute atomic E-state index is 12.6. The van der Waals surface area contributed by atoms with Gasteiger partial charge in [-0.1, -0.05) is 12.2 Å². The van der Waals surface area contributed by atoms with Crippen molar-refractivity contribution < 1.29 is 39.4 Å². The third-order valence-corrected chi connectivity index (χ3v) is 4.78. The lowest BCUT2D eigenvalue weighted by Crippen LogP contribution is -2.37. The van der Waals surface area contributed by atoms with E-state index in [2.05, 4.69) is 0 Å². The Labute approximate surface area is 156 Å². The van der Waals surface area contributed by atoms with Gasteiger partial charge in [0.2, 0.25) is 0 Å². The van der Waals surface area contributed by atoms with Gasteiger partial charge in [0.15, 0.2) is 0 Å². The van der Waals surface area contributed by atoms with Gasteiger partial charge in [0.25, 0.3) is 0 Å². The van der Waals surface area contributed by atoms with Gasteiger partial charge in [-0.2, -0.15) is 0 Å². The Bertz CT molecular complexity index is 731. The molecule has 8 nitrogen and oxygen atoms in total. The number of aliphatic hydroxyl groups is 3.